The van der Waals surface area contributed by atoms with Crippen molar-refractivity contribution in [3.8, 4) is 5.95 Å². The van der Waals surface area contributed by atoms with Crippen molar-refractivity contribution in [3.05, 3.63) is 18.5 Å². The number of nitrogens with zero attached hydrogens (tertiary/aromatic N) is 5. The fourth-order valence-corrected chi connectivity index (χ4v) is 2.57. The van der Waals surface area contributed by atoms with Gasteiger partial charge in [0, 0.05) is 25.0 Å². The van der Waals surface area contributed by atoms with E-state index in [0.717, 1.165) is 12.8 Å². The third-order valence-corrected chi connectivity index (χ3v) is 3.68. The molecule has 0 aliphatic heterocycles. The van der Waals surface area contributed by atoms with E-state index in [9.17, 15) is 0 Å². The summed E-state index contributed by atoms with van der Waals surface area (Å²) in [6.07, 6.45) is 8.30. The molecular weight excluding hydrogens is 254 g/mol. The third-order valence-electron chi connectivity index (χ3n) is 3.68. The summed E-state index contributed by atoms with van der Waals surface area (Å²) < 4.78 is 1.63. The summed E-state index contributed by atoms with van der Waals surface area (Å²) in [6, 6.07) is 1.84. The smallest absolute Gasteiger partial charge is 0.257 e. The molecule has 1 aliphatic carbocycles. The predicted molar refractivity (Wildman–Crippen MR) is 77.0 cm³/mol. The number of hydrogen-bond donors (Lipinski definition) is 2. The van der Waals surface area contributed by atoms with Crippen LogP contribution in [0.5, 0.6) is 0 Å². The van der Waals surface area contributed by atoms with E-state index in [4.69, 9.17) is 0 Å². The van der Waals surface area contributed by atoms with Gasteiger partial charge in [0.25, 0.3) is 5.95 Å². The Kier molecular flexibility index (Phi) is 3.25. The van der Waals surface area contributed by atoms with Crippen molar-refractivity contribution in [2.75, 3.05) is 17.7 Å². The van der Waals surface area contributed by atoms with Gasteiger partial charge < -0.3 is 10.6 Å². The molecule has 7 heteroatoms. The first kappa shape index (κ1) is 12.8. The highest BCUT2D eigenvalue weighted by Gasteiger charge is 2.29. The maximum absolute atomic E-state index is 4.46. The standard InChI is InChI=1S/C13H19N7/c1-13(6-3-4-7-13)19-11-16-10(14-2)17-12(18-11)20-9-5-8-15-20/h5,8-9H,3-4,6-7H2,1-2H3,(H2,14,16,17,18,19). The van der Waals surface area contributed by atoms with Gasteiger partial charge in [-0.25, -0.2) is 4.68 Å². The molecule has 0 unspecified atom stereocenters. The van der Waals surface area contributed by atoms with Crippen molar-refractivity contribution < 1.29 is 0 Å². The van der Waals surface area contributed by atoms with Gasteiger partial charge in [-0.05, 0) is 25.8 Å². The molecule has 3 rings (SSSR count). The number of nitrogens with one attached hydrogen (secondary N) is 2. The van der Waals surface area contributed by atoms with E-state index in [1.165, 1.54) is 12.8 Å². The zero-order valence-corrected chi connectivity index (χ0v) is 11.8. The second-order valence-electron chi connectivity index (χ2n) is 5.38. The molecule has 0 spiro atoms. The molecule has 0 amide bonds. The highest BCUT2D eigenvalue weighted by molar-refractivity contribution is 5.39. The molecule has 0 saturated heterocycles. The first-order valence-corrected chi connectivity index (χ1v) is 6.91. The zero-order valence-electron chi connectivity index (χ0n) is 11.8. The first-order valence-electron chi connectivity index (χ1n) is 6.91. The minimum atomic E-state index is 0.0771. The van der Waals surface area contributed by atoms with Gasteiger partial charge in [-0.15, -0.1) is 0 Å². The van der Waals surface area contributed by atoms with Crippen LogP contribution < -0.4 is 10.6 Å². The summed E-state index contributed by atoms with van der Waals surface area (Å²) in [5.74, 6) is 1.65. The van der Waals surface area contributed by atoms with Crippen LogP contribution in [0.2, 0.25) is 0 Å². The van der Waals surface area contributed by atoms with Crippen molar-refractivity contribution in [2.45, 2.75) is 38.1 Å². The van der Waals surface area contributed by atoms with Crippen LogP contribution in [0.25, 0.3) is 5.95 Å². The van der Waals surface area contributed by atoms with E-state index in [2.05, 4.69) is 37.6 Å². The molecule has 0 radical (unpaired) electrons. The predicted octanol–water partition coefficient (Wildman–Crippen LogP) is 1.84. The van der Waals surface area contributed by atoms with Crippen molar-refractivity contribution in [1.29, 1.82) is 0 Å². The molecule has 0 atom stereocenters. The van der Waals surface area contributed by atoms with Crippen molar-refractivity contribution >= 4 is 11.9 Å². The molecule has 1 aliphatic rings. The fourth-order valence-electron chi connectivity index (χ4n) is 2.57. The van der Waals surface area contributed by atoms with Crippen LogP contribution in [0.15, 0.2) is 18.5 Å². The van der Waals surface area contributed by atoms with E-state index in [1.54, 1.807) is 17.9 Å². The second kappa shape index (κ2) is 5.07. The van der Waals surface area contributed by atoms with Crippen molar-refractivity contribution in [2.24, 2.45) is 0 Å². The summed E-state index contributed by atoms with van der Waals surface area (Å²) >= 11 is 0. The zero-order chi connectivity index (χ0) is 14.0. The van der Waals surface area contributed by atoms with E-state index in [-0.39, 0.29) is 5.54 Å². The molecule has 20 heavy (non-hydrogen) atoms. The number of rotatable bonds is 4. The maximum Gasteiger partial charge on any atom is 0.257 e. The number of hydrogen-bond acceptors (Lipinski definition) is 6. The monoisotopic (exact) mass is 273 g/mol. The Morgan fingerprint density at radius 1 is 1.15 bits per heavy atom. The molecular formula is C13H19N7. The molecule has 0 bridgehead atoms. The number of aromatic nitrogens is 5. The minimum absolute atomic E-state index is 0.0771. The molecule has 2 N–H and O–H groups in total. The summed E-state index contributed by atoms with van der Waals surface area (Å²) in [5.41, 5.74) is 0.0771. The van der Waals surface area contributed by atoms with Crippen LogP contribution >= 0.6 is 0 Å². The molecule has 7 nitrogen and oxygen atoms in total. The first-order chi connectivity index (χ1) is 9.68. The molecule has 1 saturated carbocycles. The molecule has 1 fully saturated rings. The van der Waals surface area contributed by atoms with Gasteiger partial charge >= 0.3 is 0 Å². The lowest BCUT2D eigenvalue weighted by Crippen LogP contribution is -2.32. The van der Waals surface area contributed by atoms with E-state index < -0.39 is 0 Å². The largest absolute Gasteiger partial charge is 0.357 e. The SMILES string of the molecule is CNc1nc(NC2(C)CCCC2)nc(-n2cccn2)n1. The van der Waals surface area contributed by atoms with Gasteiger partial charge in [-0.1, -0.05) is 12.8 Å². The second-order valence-corrected chi connectivity index (χ2v) is 5.38. The van der Waals surface area contributed by atoms with Gasteiger partial charge in [0.15, 0.2) is 0 Å². The maximum atomic E-state index is 4.46. The summed E-state index contributed by atoms with van der Waals surface area (Å²) in [4.78, 5) is 13.2. The summed E-state index contributed by atoms with van der Waals surface area (Å²) in [6.45, 7) is 2.22. The average molecular weight is 273 g/mol. The topological polar surface area (TPSA) is 80.5 Å². The lowest BCUT2D eigenvalue weighted by molar-refractivity contribution is 0.527. The minimum Gasteiger partial charge on any atom is -0.357 e. The normalized spacial score (nSPS) is 17.1. The lowest BCUT2D eigenvalue weighted by Gasteiger charge is -2.25. The highest BCUT2D eigenvalue weighted by Crippen LogP contribution is 2.31. The van der Waals surface area contributed by atoms with Crippen LogP contribution in [-0.2, 0) is 0 Å². The Balaban J connectivity index is 1.92. The van der Waals surface area contributed by atoms with Crippen molar-refractivity contribution in [3.63, 3.8) is 0 Å². The van der Waals surface area contributed by atoms with Crippen LogP contribution in [0.3, 0.4) is 0 Å². The quantitative estimate of drug-likeness (QED) is 0.884. The Labute approximate surface area is 117 Å². The molecule has 0 aromatic carbocycles. The van der Waals surface area contributed by atoms with E-state index in [0.29, 0.717) is 17.8 Å². The Bertz CT molecular complexity index is 572. The number of anilines is 2. The Hall–Kier alpha value is -2.18. The Morgan fingerprint density at radius 2 is 1.90 bits per heavy atom. The third kappa shape index (κ3) is 2.56. The van der Waals surface area contributed by atoms with Gasteiger partial charge in [0.05, 0.1) is 0 Å². The van der Waals surface area contributed by atoms with E-state index >= 15 is 0 Å². The molecule has 2 heterocycles. The van der Waals surface area contributed by atoms with Crippen LogP contribution in [0.4, 0.5) is 11.9 Å². The van der Waals surface area contributed by atoms with Crippen LogP contribution in [-0.4, -0.2) is 37.3 Å². The van der Waals surface area contributed by atoms with Gasteiger partial charge in [-0.2, -0.15) is 20.1 Å². The van der Waals surface area contributed by atoms with E-state index in [1.807, 2.05) is 12.3 Å². The molecule has 106 valence electrons. The highest BCUT2D eigenvalue weighted by atomic mass is 15.4. The van der Waals surface area contributed by atoms with Gasteiger partial charge in [0.2, 0.25) is 11.9 Å². The molecule has 2 aromatic heterocycles. The Morgan fingerprint density at radius 3 is 2.55 bits per heavy atom. The van der Waals surface area contributed by atoms with Crippen LogP contribution in [0, 0.1) is 0 Å². The summed E-state index contributed by atoms with van der Waals surface area (Å²) in [5, 5.41) is 10.6. The average Bonchev–Trinajstić information content (AvgIpc) is 3.09. The fraction of sp³-hybridized carbons (Fsp3) is 0.538. The van der Waals surface area contributed by atoms with Gasteiger partial charge in [0.1, 0.15) is 0 Å². The summed E-state index contributed by atoms with van der Waals surface area (Å²) in [7, 11) is 1.79. The van der Waals surface area contributed by atoms with Crippen molar-refractivity contribution in [1.82, 2.24) is 24.7 Å². The lowest BCUT2D eigenvalue weighted by atomic mass is 10.0. The van der Waals surface area contributed by atoms with Gasteiger partial charge in [-0.3, -0.25) is 0 Å². The molecule has 2 aromatic rings. The van der Waals surface area contributed by atoms with Crippen LogP contribution in [0.1, 0.15) is 32.6 Å².